The molecule has 1 aromatic carbocycles. The zero-order valence-corrected chi connectivity index (χ0v) is 14.2. The molecule has 0 heterocycles. The van der Waals surface area contributed by atoms with Gasteiger partial charge in [0.2, 0.25) is 5.91 Å². The molecule has 0 radical (unpaired) electrons. The zero-order valence-electron chi connectivity index (χ0n) is 14.2. The van der Waals surface area contributed by atoms with Crippen LogP contribution in [-0.2, 0) is 19.1 Å². The van der Waals surface area contributed by atoms with Crippen molar-refractivity contribution in [2.75, 3.05) is 25.5 Å². The molecule has 1 N–H and O–H groups in total. The second-order valence-electron chi connectivity index (χ2n) is 6.25. The van der Waals surface area contributed by atoms with Crippen LogP contribution in [0.5, 0.6) is 0 Å². The van der Waals surface area contributed by atoms with Crippen LogP contribution in [0.25, 0.3) is 0 Å². The van der Waals surface area contributed by atoms with Gasteiger partial charge in [-0.25, -0.2) is 0 Å². The first-order chi connectivity index (χ1) is 11.5. The first-order valence-corrected chi connectivity index (χ1v) is 8.23. The van der Waals surface area contributed by atoms with E-state index in [0.29, 0.717) is 5.69 Å². The normalized spacial score (nSPS) is 14.2. The summed E-state index contributed by atoms with van der Waals surface area (Å²) in [5, 5.41) is 2.72. The Morgan fingerprint density at radius 2 is 1.79 bits per heavy atom. The molecule has 1 aliphatic rings. The van der Waals surface area contributed by atoms with Crippen LogP contribution in [-0.4, -0.2) is 42.9 Å². The number of rotatable bonds is 6. The number of esters is 1. The van der Waals surface area contributed by atoms with E-state index in [1.54, 1.807) is 12.1 Å². The third-order valence-corrected chi connectivity index (χ3v) is 4.17. The molecule has 0 spiro atoms. The maximum Gasteiger partial charge on any atom is 0.309 e. The van der Waals surface area contributed by atoms with Gasteiger partial charge in [-0.1, -0.05) is 30.5 Å². The van der Waals surface area contributed by atoms with Gasteiger partial charge in [0, 0.05) is 12.7 Å². The molecule has 0 aromatic heterocycles. The number of hydrogen-bond acceptors (Lipinski definition) is 4. The number of nitrogens with zero attached hydrogens (tertiary/aromatic N) is 1. The summed E-state index contributed by atoms with van der Waals surface area (Å²) in [7, 11) is 1.51. The smallest absolute Gasteiger partial charge is 0.309 e. The Labute approximate surface area is 142 Å². The number of aryl methyl sites for hydroxylation is 1. The number of anilines is 1. The molecule has 0 atom stereocenters. The monoisotopic (exact) mass is 332 g/mol. The summed E-state index contributed by atoms with van der Waals surface area (Å²) in [4.78, 5) is 37.0. The number of carbonyl (C=O) groups is 3. The van der Waals surface area contributed by atoms with Gasteiger partial charge >= 0.3 is 5.97 Å². The van der Waals surface area contributed by atoms with Gasteiger partial charge in [-0.3, -0.25) is 14.4 Å². The molecule has 130 valence electrons. The summed E-state index contributed by atoms with van der Waals surface area (Å²) in [6.07, 6.45) is 3.74. The van der Waals surface area contributed by atoms with Crippen molar-refractivity contribution >= 4 is 23.5 Å². The summed E-state index contributed by atoms with van der Waals surface area (Å²) in [6.45, 7) is 1.56. The highest BCUT2D eigenvalue weighted by Gasteiger charge is 2.25. The van der Waals surface area contributed by atoms with E-state index >= 15 is 0 Å². The van der Waals surface area contributed by atoms with Crippen molar-refractivity contribution in [1.82, 2.24) is 4.90 Å². The van der Waals surface area contributed by atoms with Crippen LogP contribution in [0, 0.1) is 12.8 Å². The van der Waals surface area contributed by atoms with E-state index in [1.807, 2.05) is 19.1 Å². The molecule has 0 aliphatic heterocycles. The fraction of sp³-hybridized carbons (Fsp3) is 0.500. The SMILES string of the molecule is Cc1ccc(NC(=O)CN(C)C(=O)COC(=O)C2CCCC2)cc1. The lowest BCUT2D eigenvalue weighted by Crippen LogP contribution is -2.37. The number of carbonyl (C=O) groups excluding carboxylic acids is 3. The standard InChI is InChI=1S/C18H24N2O4/c1-13-7-9-15(10-8-13)19-16(21)11-20(2)17(22)12-24-18(23)14-5-3-4-6-14/h7-10,14H,3-6,11-12H2,1-2H3,(H,19,21). The average Bonchev–Trinajstić information content (AvgIpc) is 3.08. The summed E-state index contributed by atoms with van der Waals surface area (Å²) < 4.78 is 5.06. The van der Waals surface area contributed by atoms with Crippen molar-refractivity contribution in [2.45, 2.75) is 32.6 Å². The average molecular weight is 332 g/mol. The predicted molar refractivity (Wildman–Crippen MR) is 90.4 cm³/mol. The van der Waals surface area contributed by atoms with E-state index in [1.165, 1.54) is 11.9 Å². The summed E-state index contributed by atoms with van der Waals surface area (Å²) in [5.41, 5.74) is 1.78. The molecule has 1 aliphatic carbocycles. The lowest BCUT2D eigenvalue weighted by molar-refractivity contribution is -0.155. The number of amides is 2. The fourth-order valence-corrected chi connectivity index (χ4v) is 2.66. The summed E-state index contributed by atoms with van der Waals surface area (Å²) in [5.74, 6) is -1.07. The molecule has 0 unspecified atom stereocenters. The topological polar surface area (TPSA) is 75.7 Å². The van der Waals surface area contributed by atoms with Crippen molar-refractivity contribution in [1.29, 1.82) is 0 Å². The van der Waals surface area contributed by atoms with Crippen LogP contribution in [0.2, 0.25) is 0 Å². The van der Waals surface area contributed by atoms with Crippen molar-refractivity contribution < 1.29 is 19.1 Å². The van der Waals surface area contributed by atoms with Crippen molar-refractivity contribution in [3.63, 3.8) is 0 Å². The molecule has 6 heteroatoms. The lowest BCUT2D eigenvalue weighted by atomic mass is 10.1. The van der Waals surface area contributed by atoms with Gasteiger partial charge in [-0.15, -0.1) is 0 Å². The van der Waals surface area contributed by atoms with Gasteiger partial charge in [-0.05, 0) is 31.9 Å². The summed E-state index contributed by atoms with van der Waals surface area (Å²) >= 11 is 0. The van der Waals surface area contributed by atoms with E-state index < -0.39 is 0 Å². The van der Waals surface area contributed by atoms with Crippen molar-refractivity contribution in [3.05, 3.63) is 29.8 Å². The van der Waals surface area contributed by atoms with Gasteiger partial charge in [0.15, 0.2) is 6.61 Å². The highest BCUT2D eigenvalue weighted by Crippen LogP contribution is 2.25. The van der Waals surface area contributed by atoms with Crippen molar-refractivity contribution in [2.24, 2.45) is 5.92 Å². The predicted octanol–water partition coefficient (Wildman–Crippen LogP) is 2.13. The van der Waals surface area contributed by atoms with Gasteiger partial charge in [0.1, 0.15) is 0 Å². The molecule has 1 saturated carbocycles. The first kappa shape index (κ1) is 18.0. The molecule has 24 heavy (non-hydrogen) atoms. The van der Waals surface area contributed by atoms with Crippen molar-refractivity contribution in [3.8, 4) is 0 Å². The van der Waals surface area contributed by atoms with E-state index in [9.17, 15) is 14.4 Å². The number of hydrogen-bond donors (Lipinski definition) is 1. The molecule has 2 amide bonds. The van der Waals surface area contributed by atoms with Crippen LogP contribution in [0.15, 0.2) is 24.3 Å². The first-order valence-electron chi connectivity index (χ1n) is 8.23. The number of nitrogens with one attached hydrogen (secondary N) is 1. The van der Waals surface area contributed by atoms with E-state index in [-0.39, 0.29) is 36.9 Å². The molecular formula is C18H24N2O4. The Balaban J connectivity index is 1.73. The van der Waals surface area contributed by atoms with Crippen LogP contribution in [0.1, 0.15) is 31.2 Å². The van der Waals surface area contributed by atoms with Crippen LogP contribution in [0.3, 0.4) is 0 Å². The maximum atomic E-state index is 12.0. The lowest BCUT2D eigenvalue weighted by Gasteiger charge is -2.17. The van der Waals surface area contributed by atoms with E-state index in [2.05, 4.69) is 5.32 Å². The van der Waals surface area contributed by atoms with E-state index in [4.69, 9.17) is 4.74 Å². The summed E-state index contributed by atoms with van der Waals surface area (Å²) in [6, 6.07) is 7.40. The minimum Gasteiger partial charge on any atom is -0.455 e. The van der Waals surface area contributed by atoms with Crippen LogP contribution < -0.4 is 5.32 Å². The minimum atomic E-state index is -0.389. The minimum absolute atomic E-state index is 0.0760. The third-order valence-electron chi connectivity index (χ3n) is 4.17. The van der Waals surface area contributed by atoms with Crippen LogP contribution >= 0.6 is 0 Å². The van der Waals surface area contributed by atoms with Gasteiger partial charge in [0.25, 0.3) is 5.91 Å². The molecular weight excluding hydrogens is 308 g/mol. The molecule has 0 saturated heterocycles. The zero-order chi connectivity index (χ0) is 17.5. The molecule has 1 fully saturated rings. The Morgan fingerprint density at radius 1 is 1.17 bits per heavy atom. The molecule has 1 aromatic rings. The number of ether oxygens (including phenoxy) is 1. The number of likely N-dealkylation sites (N-methyl/N-ethyl adjacent to an activating group) is 1. The second-order valence-corrected chi connectivity index (χ2v) is 6.25. The number of benzene rings is 1. The van der Waals surface area contributed by atoms with Gasteiger partial charge in [-0.2, -0.15) is 0 Å². The third kappa shape index (κ3) is 5.37. The Bertz CT molecular complexity index is 592. The highest BCUT2D eigenvalue weighted by molar-refractivity contribution is 5.94. The second kappa shape index (κ2) is 8.47. The maximum absolute atomic E-state index is 12.0. The molecule has 6 nitrogen and oxygen atoms in total. The quantitative estimate of drug-likeness (QED) is 0.810. The Kier molecular flexibility index (Phi) is 6.35. The van der Waals surface area contributed by atoms with Gasteiger partial charge < -0.3 is 15.0 Å². The molecule has 0 bridgehead atoms. The molecule has 2 rings (SSSR count). The van der Waals surface area contributed by atoms with Gasteiger partial charge in [0.05, 0.1) is 12.5 Å². The Hall–Kier alpha value is -2.37. The van der Waals surface area contributed by atoms with Crippen LogP contribution in [0.4, 0.5) is 5.69 Å². The highest BCUT2D eigenvalue weighted by atomic mass is 16.5. The van der Waals surface area contributed by atoms with E-state index in [0.717, 1.165) is 31.2 Å². The fourth-order valence-electron chi connectivity index (χ4n) is 2.66. The Morgan fingerprint density at radius 3 is 2.42 bits per heavy atom. The largest absolute Gasteiger partial charge is 0.455 e.